The quantitative estimate of drug-likeness (QED) is 0.409. The van der Waals surface area contributed by atoms with Gasteiger partial charge < -0.3 is 10.6 Å². The maximum atomic E-state index is 13.0. The maximum absolute atomic E-state index is 13.0. The molecule has 12 heteroatoms. The Morgan fingerprint density at radius 1 is 1.22 bits per heavy atom. The summed E-state index contributed by atoms with van der Waals surface area (Å²) in [5.74, 6) is 0.917. The van der Waals surface area contributed by atoms with Crippen LogP contribution in [0.3, 0.4) is 0 Å². The third-order valence-electron chi connectivity index (χ3n) is 6.71. The zero-order valence-electron chi connectivity index (χ0n) is 21.5. The highest BCUT2D eigenvalue weighted by atomic mass is 35.5. The highest BCUT2D eigenvalue weighted by molar-refractivity contribution is 7.51. The van der Waals surface area contributed by atoms with Gasteiger partial charge in [0.1, 0.15) is 6.04 Å². The lowest BCUT2D eigenvalue weighted by Gasteiger charge is -2.26. The SMILES string of the molecule is CCc1cc(N[C@H](C)C(F)(F)F)ccc1-c1c(Cl)c(C(=O)NCC2CCC(C)CC2)nn1CC.O=S=O. The van der Waals surface area contributed by atoms with E-state index >= 15 is 0 Å². The van der Waals surface area contributed by atoms with Crippen molar-refractivity contribution in [3.8, 4) is 11.3 Å². The van der Waals surface area contributed by atoms with Crippen LogP contribution in [-0.4, -0.2) is 42.9 Å². The molecule has 1 aromatic heterocycles. The molecule has 1 aliphatic carbocycles. The second kappa shape index (κ2) is 13.9. The zero-order chi connectivity index (χ0) is 27.8. The number of rotatable bonds is 8. The number of amides is 1. The molecule has 1 saturated carbocycles. The van der Waals surface area contributed by atoms with Crippen LogP contribution in [0.15, 0.2) is 18.2 Å². The van der Waals surface area contributed by atoms with Gasteiger partial charge in [-0.3, -0.25) is 9.48 Å². The van der Waals surface area contributed by atoms with Gasteiger partial charge in [0, 0.05) is 24.3 Å². The van der Waals surface area contributed by atoms with E-state index in [0.29, 0.717) is 36.8 Å². The lowest BCUT2D eigenvalue weighted by atomic mass is 9.83. The van der Waals surface area contributed by atoms with Crippen LogP contribution in [0.5, 0.6) is 0 Å². The average Bonchev–Trinajstić information content (AvgIpc) is 3.19. The van der Waals surface area contributed by atoms with E-state index in [9.17, 15) is 18.0 Å². The van der Waals surface area contributed by atoms with Crippen LogP contribution in [0.2, 0.25) is 5.02 Å². The lowest BCUT2D eigenvalue weighted by molar-refractivity contribution is -0.138. The van der Waals surface area contributed by atoms with Gasteiger partial charge in [-0.05, 0) is 62.6 Å². The number of nitrogens with one attached hydrogen (secondary N) is 2. The second-order valence-electron chi connectivity index (χ2n) is 9.36. The van der Waals surface area contributed by atoms with Gasteiger partial charge in [0.2, 0.25) is 0 Å². The third-order valence-corrected chi connectivity index (χ3v) is 7.07. The van der Waals surface area contributed by atoms with Gasteiger partial charge in [0.15, 0.2) is 5.69 Å². The van der Waals surface area contributed by atoms with E-state index in [4.69, 9.17) is 20.0 Å². The van der Waals surface area contributed by atoms with E-state index in [-0.39, 0.29) is 16.6 Å². The number of hydrogen-bond donors (Lipinski definition) is 2. The minimum atomic E-state index is -4.34. The zero-order valence-corrected chi connectivity index (χ0v) is 23.0. The molecule has 37 heavy (non-hydrogen) atoms. The molecule has 1 aromatic carbocycles. The molecule has 0 aliphatic heterocycles. The van der Waals surface area contributed by atoms with Crippen molar-refractivity contribution in [1.29, 1.82) is 0 Å². The number of benzene rings is 1. The summed E-state index contributed by atoms with van der Waals surface area (Å²) < 4.78 is 57.1. The predicted molar refractivity (Wildman–Crippen MR) is 139 cm³/mol. The third kappa shape index (κ3) is 8.29. The van der Waals surface area contributed by atoms with E-state index in [1.165, 1.54) is 12.8 Å². The Morgan fingerprint density at radius 2 is 1.84 bits per heavy atom. The van der Waals surface area contributed by atoms with E-state index in [2.05, 4.69) is 22.7 Å². The number of halogens is 4. The van der Waals surface area contributed by atoms with E-state index in [0.717, 1.165) is 36.8 Å². The summed E-state index contributed by atoms with van der Waals surface area (Å²) in [6.07, 6.45) is 0.823. The fourth-order valence-electron chi connectivity index (χ4n) is 4.46. The van der Waals surface area contributed by atoms with Crippen molar-refractivity contribution in [3.63, 3.8) is 0 Å². The van der Waals surface area contributed by atoms with E-state index < -0.39 is 23.8 Å². The number of aryl methyl sites for hydroxylation is 2. The van der Waals surface area contributed by atoms with E-state index in [1.54, 1.807) is 22.9 Å². The standard InChI is InChI=1S/C25H34ClF3N4O.O2S/c1-5-18-13-19(31-16(4)25(27,28)29)11-12-20(18)23-21(26)22(32-33(23)6-2)24(34)30-14-17-9-7-15(3)8-10-17;1-3-2/h11-13,15-17,31H,5-10,14H2,1-4H3,(H,30,34);/t15?,16-,17?;/m1./s1. The second-order valence-corrected chi connectivity index (χ2v) is 9.88. The van der Waals surface area contributed by atoms with Crippen molar-refractivity contribution in [2.75, 3.05) is 11.9 Å². The molecule has 2 N–H and O–H groups in total. The Morgan fingerprint density at radius 3 is 2.38 bits per heavy atom. The van der Waals surface area contributed by atoms with Crippen molar-refractivity contribution >= 4 is 34.8 Å². The number of carbonyl (C=O) groups excluding carboxylic acids is 1. The number of aromatic nitrogens is 2. The van der Waals surface area contributed by atoms with Gasteiger partial charge in [0.25, 0.3) is 5.91 Å². The molecule has 1 aliphatic rings. The molecule has 0 bridgehead atoms. The lowest BCUT2D eigenvalue weighted by Crippen LogP contribution is -2.33. The Labute approximate surface area is 224 Å². The number of alkyl halides is 3. The summed E-state index contributed by atoms with van der Waals surface area (Å²) in [7, 11) is 0. The molecule has 3 rings (SSSR count). The van der Waals surface area contributed by atoms with Crippen molar-refractivity contribution in [2.24, 2.45) is 11.8 Å². The van der Waals surface area contributed by atoms with Crippen LogP contribution < -0.4 is 10.6 Å². The molecular weight excluding hydrogens is 529 g/mol. The van der Waals surface area contributed by atoms with Crippen LogP contribution in [0.1, 0.15) is 69.4 Å². The Balaban J connectivity index is 0.00000153. The first kappa shape index (κ1) is 30.8. The highest BCUT2D eigenvalue weighted by Gasteiger charge is 2.36. The van der Waals surface area contributed by atoms with Gasteiger partial charge in [-0.25, -0.2) is 0 Å². The smallest absolute Gasteiger partial charge is 0.374 e. The van der Waals surface area contributed by atoms with Crippen LogP contribution in [-0.2, 0) is 24.5 Å². The first-order chi connectivity index (χ1) is 17.5. The van der Waals surface area contributed by atoms with E-state index in [1.807, 2.05) is 13.8 Å². The maximum Gasteiger partial charge on any atom is 0.408 e. The van der Waals surface area contributed by atoms with Crippen molar-refractivity contribution in [3.05, 3.63) is 34.5 Å². The van der Waals surface area contributed by atoms with Crippen molar-refractivity contribution in [1.82, 2.24) is 15.1 Å². The molecule has 1 fully saturated rings. The molecule has 1 amide bonds. The van der Waals surface area contributed by atoms with Crippen LogP contribution >= 0.6 is 11.6 Å². The molecule has 0 radical (unpaired) electrons. The highest BCUT2D eigenvalue weighted by Crippen LogP contribution is 2.36. The van der Waals surface area contributed by atoms with Gasteiger partial charge in [0.05, 0.1) is 10.7 Å². The topological polar surface area (TPSA) is 93.1 Å². The van der Waals surface area contributed by atoms with Gasteiger partial charge in [-0.15, -0.1) is 0 Å². The average molecular weight is 563 g/mol. The summed E-state index contributed by atoms with van der Waals surface area (Å²) in [6.45, 7) is 8.28. The Bertz CT molecular complexity index is 1100. The van der Waals surface area contributed by atoms with Crippen molar-refractivity contribution < 1.29 is 26.4 Å². The van der Waals surface area contributed by atoms with Crippen LogP contribution in [0, 0.1) is 11.8 Å². The summed E-state index contributed by atoms with van der Waals surface area (Å²) in [4.78, 5) is 12.9. The Kier molecular flexibility index (Phi) is 11.6. The normalized spacial score (nSPS) is 18.4. The first-order valence-corrected chi connectivity index (χ1v) is 13.4. The van der Waals surface area contributed by atoms with Gasteiger partial charge in [-0.2, -0.15) is 26.7 Å². The number of hydrogen-bond acceptors (Lipinski definition) is 5. The Hall–Kier alpha value is -2.40. The minimum Gasteiger partial charge on any atom is -0.374 e. The molecule has 0 spiro atoms. The van der Waals surface area contributed by atoms with Gasteiger partial charge >= 0.3 is 17.7 Å². The fourth-order valence-corrected chi connectivity index (χ4v) is 4.79. The van der Waals surface area contributed by atoms with Crippen molar-refractivity contribution in [2.45, 2.75) is 78.6 Å². The fraction of sp³-hybridized carbons (Fsp3) is 0.600. The molecular formula is C25H34ClF3N4O3S. The summed E-state index contributed by atoms with van der Waals surface area (Å²) in [5.41, 5.74) is 2.74. The van der Waals surface area contributed by atoms with Gasteiger partial charge in [-0.1, -0.05) is 44.4 Å². The monoisotopic (exact) mass is 562 g/mol. The number of nitrogens with zero attached hydrogens (tertiary/aromatic N) is 2. The molecule has 0 saturated heterocycles. The largest absolute Gasteiger partial charge is 0.408 e. The molecule has 0 unspecified atom stereocenters. The molecule has 206 valence electrons. The minimum absolute atomic E-state index is 0.178. The molecule has 1 heterocycles. The predicted octanol–water partition coefficient (Wildman–Crippen LogP) is 6.03. The first-order valence-electron chi connectivity index (χ1n) is 12.4. The molecule has 2 aromatic rings. The number of carbonyl (C=O) groups is 1. The van der Waals surface area contributed by atoms with Crippen LogP contribution in [0.25, 0.3) is 11.3 Å². The summed E-state index contributed by atoms with van der Waals surface area (Å²) >= 11 is 5.93. The molecule has 1 atom stereocenters. The summed E-state index contributed by atoms with van der Waals surface area (Å²) in [5, 5.41) is 10.2. The van der Waals surface area contributed by atoms with Crippen LogP contribution in [0.4, 0.5) is 18.9 Å². The number of anilines is 1. The summed E-state index contributed by atoms with van der Waals surface area (Å²) in [6, 6.07) is 3.37. The molecule has 7 nitrogen and oxygen atoms in total.